The van der Waals surface area contributed by atoms with Crippen molar-refractivity contribution in [1.82, 2.24) is 0 Å². The van der Waals surface area contributed by atoms with Crippen molar-refractivity contribution in [2.75, 3.05) is 0 Å². The van der Waals surface area contributed by atoms with Crippen molar-refractivity contribution >= 4 is 33.0 Å². The van der Waals surface area contributed by atoms with Gasteiger partial charge < -0.3 is 0 Å². The second-order valence-corrected chi connectivity index (χ2v) is 6.93. The number of rotatable bonds is 4. The zero-order chi connectivity index (χ0) is 18.2. The van der Waals surface area contributed by atoms with Gasteiger partial charge in [0.05, 0.1) is 28.1 Å². The highest BCUT2D eigenvalue weighted by molar-refractivity contribution is 9.08. The first-order valence-electron chi connectivity index (χ1n) is 7.63. The molecule has 0 aliphatic heterocycles. The molecule has 25 heavy (non-hydrogen) atoms. The van der Waals surface area contributed by atoms with Gasteiger partial charge in [-0.05, 0) is 54.4 Å². The molecule has 0 spiro atoms. The summed E-state index contributed by atoms with van der Waals surface area (Å²) in [6.45, 7) is 1.99. The lowest BCUT2D eigenvalue weighted by Crippen LogP contribution is -1.99. The normalized spacial score (nSPS) is 9.60. The molecule has 0 saturated carbocycles. The molecule has 1 aromatic heterocycles. The van der Waals surface area contributed by atoms with Gasteiger partial charge in [-0.2, -0.15) is 10.5 Å². The van der Waals surface area contributed by atoms with Crippen LogP contribution in [0.3, 0.4) is 0 Å². The van der Waals surface area contributed by atoms with Gasteiger partial charge >= 0.3 is 0 Å². The summed E-state index contributed by atoms with van der Waals surface area (Å²) in [6, 6.07) is 18.1. The molecule has 0 N–H and O–H groups in total. The van der Waals surface area contributed by atoms with Crippen LogP contribution in [0.5, 0.6) is 0 Å². The van der Waals surface area contributed by atoms with Gasteiger partial charge in [-0.3, -0.25) is 4.79 Å². The largest absolute Gasteiger partial charge is 0.288 e. The SMILES string of the molecule is CCc1cc(C#N)cc(CBr)ccc(C(=O)c2ccc(C#N)cc2)s1. The third kappa shape index (κ3) is 5.00. The molecule has 1 heterocycles. The standard InChI is InChI=1S/C20H15BrN2OS/c1-2-18-10-16(13-23)9-15(11-21)5-8-19(25-18)20(24)17-6-3-14(12-22)4-7-17/h3-10H,2,11H2,1H3. The zero-order valence-corrected chi connectivity index (χ0v) is 16.0. The van der Waals surface area contributed by atoms with Crippen molar-refractivity contribution in [1.29, 1.82) is 10.5 Å². The Kier molecular flexibility index (Phi) is 6.89. The molecule has 0 amide bonds. The Hall–Kier alpha value is -2.47. The van der Waals surface area contributed by atoms with Gasteiger partial charge in [0.25, 0.3) is 0 Å². The van der Waals surface area contributed by atoms with Gasteiger partial charge in [-0.15, -0.1) is 11.3 Å². The molecule has 2 aromatic rings. The van der Waals surface area contributed by atoms with Crippen LogP contribution in [-0.2, 0) is 11.8 Å². The van der Waals surface area contributed by atoms with E-state index in [9.17, 15) is 10.1 Å². The summed E-state index contributed by atoms with van der Waals surface area (Å²) in [5, 5.41) is 18.8. The van der Waals surface area contributed by atoms with Crippen LogP contribution < -0.4 is 0 Å². The van der Waals surface area contributed by atoms with Crippen LogP contribution in [-0.4, -0.2) is 5.78 Å². The number of benzene rings is 1. The number of alkyl halides is 1. The first-order chi connectivity index (χ1) is 12.1. The zero-order valence-electron chi connectivity index (χ0n) is 13.6. The molecule has 0 aliphatic rings. The molecule has 5 heteroatoms. The van der Waals surface area contributed by atoms with E-state index in [-0.39, 0.29) is 5.78 Å². The average Bonchev–Trinajstić information content (AvgIpc) is 2.75. The second-order valence-electron chi connectivity index (χ2n) is 5.20. The van der Waals surface area contributed by atoms with Gasteiger partial charge in [0.1, 0.15) is 0 Å². The molecule has 1 aromatic carbocycles. The van der Waals surface area contributed by atoms with Crippen molar-refractivity contribution in [3.05, 3.63) is 80.5 Å². The molecule has 124 valence electrons. The van der Waals surface area contributed by atoms with Crippen LogP contribution in [0.1, 0.15) is 43.7 Å². The van der Waals surface area contributed by atoms with Crippen molar-refractivity contribution < 1.29 is 4.79 Å². The Morgan fingerprint density at radius 1 is 1.04 bits per heavy atom. The fraction of sp³-hybridized carbons (Fsp3) is 0.150. The number of nitrogens with zero attached hydrogens (tertiary/aromatic N) is 2. The first kappa shape index (κ1) is 18.9. The van der Waals surface area contributed by atoms with E-state index in [1.807, 2.05) is 31.2 Å². The summed E-state index contributed by atoms with van der Waals surface area (Å²) in [4.78, 5) is 14.4. The maximum atomic E-state index is 12.9. The molecule has 2 rings (SSSR count). The summed E-state index contributed by atoms with van der Waals surface area (Å²) in [6.07, 6.45) is 0.728. The maximum Gasteiger partial charge on any atom is 0.202 e. The highest BCUT2D eigenvalue weighted by Gasteiger charge is 2.10. The van der Waals surface area contributed by atoms with Crippen LogP contribution in [0.15, 0.2) is 48.5 Å². The monoisotopic (exact) mass is 410 g/mol. The Morgan fingerprint density at radius 3 is 2.28 bits per heavy atom. The number of carbonyl (C=O) groups is 1. The van der Waals surface area contributed by atoms with E-state index in [1.165, 1.54) is 11.3 Å². The Bertz CT molecular complexity index is 916. The molecule has 0 saturated heterocycles. The smallest absolute Gasteiger partial charge is 0.202 e. The summed E-state index contributed by atoms with van der Waals surface area (Å²) >= 11 is 4.79. The molecule has 0 fully saturated rings. The van der Waals surface area contributed by atoms with Crippen LogP contribution in [0.25, 0.3) is 0 Å². The van der Waals surface area contributed by atoms with E-state index in [4.69, 9.17) is 5.26 Å². The third-order valence-corrected chi connectivity index (χ3v) is 5.34. The van der Waals surface area contributed by atoms with Gasteiger partial charge in [0.15, 0.2) is 0 Å². The van der Waals surface area contributed by atoms with Crippen molar-refractivity contribution in [3.63, 3.8) is 0 Å². The lowest BCUT2D eigenvalue weighted by Gasteiger charge is -2.00. The fourth-order valence-electron chi connectivity index (χ4n) is 2.13. The van der Waals surface area contributed by atoms with Crippen LogP contribution >= 0.6 is 27.3 Å². The fourth-order valence-corrected chi connectivity index (χ4v) is 3.44. The summed E-state index contributed by atoms with van der Waals surface area (Å²) in [7, 11) is 0. The predicted molar refractivity (Wildman–Crippen MR) is 103 cm³/mol. The second kappa shape index (κ2) is 9.13. The van der Waals surface area contributed by atoms with Crippen LogP contribution in [0, 0.1) is 22.7 Å². The summed E-state index contributed by atoms with van der Waals surface area (Å²) < 4.78 is 0. The molecule has 0 radical (unpaired) electrons. The number of hydrogen-bond acceptors (Lipinski definition) is 4. The topological polar surface area (TPSA) is 64.7 Å². The maximum absolute atomic E-state index is 12.9. The number of carbonyl (C=O) groups excluding carboxylic acids is 1. The van der Waals surface area contributed by atoms with Crippen LogP contribution in [0.2, 0.25) is 0 Å². The average molecular weight is 411 g/mol. The number of aryl methyl sites for hydroxylation is 1. The molecular formula is C20H15BrN2OS. The van der Waals surface area contributed by atoms with E-state index in [2.05, 4.69) is 22.0 Å². The minimum Gasteiger partial charge on any atom is -0.288 e. The van der Waals surface area contributed by atoms with Crippen LogP contribution in [0.4, 0.5) is 0 Å². The van der Waals surface area contributed by atoms with Crippen molar-refractivity contribution in [2.45, 2.75) is 18.7 Å². The quantitative estimate of drug-likeness (QED) is 0.506. The number of halogens is 1. The lowest BCUT2D eigenvalue weighted by molar-refractivity contribution is 0.104. The van der Waals surface area contributed by atoms with Gasteiger partial charge in [0.2, 0.25) is 5.78 Å². The van der Waals surface area contributed by atoms with E-state index >= 15 is 0 Å². The van der Waals surface area contributed by atoms with Gasteiger partial charge in [-0.25, -0.2) is 0 Å². The first-order valence-corrected chi connectivity index (χ1v) is 9.57. The number of ketones is 1. The number of hydrogen-bond donors (Lipinski definition) is 0. The van der Waals surface area contributed by atoms with E-state index < -0.39 is 0 Å². The van der Waals surface area contributed by atoms with E-state index in [0.29, 0.717) is 26.9 Å². The Balaban J connectivity index is 2.62. The van der Waals surface area contributed by atoms with Crippen molar-refractivity contribution in [3.8, 4) is 12.1 Å². The minimum atomic E-state index is -0.0978. The lowest BCUT2D eigenvalue weighted by atomic mass is 10.1. The van der Waals surface area contributed by atoms with E-state index in [1.54, 1.807) is 30.3 Å². The molecule has 0 aliphatic carbocycles. The van der Waals surface area contributed by atoms with E-state index in [0.717, 1.165) is 16.9 Å². The highest BCUT2D eigenvalue weighted by atomic mass is 79.9. The Labute approximate surface area is 159 Å². The van der Waals surface area contributed by atoms with Crippen molar-refractivity contribution in [2.24, 2.45) is 0 Å². The van der Waals surface area contributed by atoms with Gasteiger partial charge in [0, 0.05) is 15.8 Å². The molecule has 0 unspecified atom stereocenters. The molecule has 0 bridgehead atoms. The number of nitriles is 2. The molecule has 0 atom stereocenters. The summed E-state index contributed by atoms with van der Waals surface area (Å²) in [5.41, 5.74) is 2.53. The molecule has 3 nitrogen and oxygen atoms in total. The highest BCUT2D eigenvalue weighted by Crippen LogP contribution is 2.19. The predicted octanol–water partition coefficient (Wildman–Crippen LogP) is 5.30. The third-order valence-electron chi connectivity index (χ3n) is 3.48. The summed E-state index contributed by atoms with van der Waals surface area (Å²) in [5.74, 6) is -0.0978. The minimum absolute atomic E-state index is 0.0978. The molecular weight excluding hydrogens is 396 g/mol. The van der Waals surface area contributed by atoms with Gasteiger partial charge in [-0.1, -0.05) is 28.9 Å². The Morgan fingerprint density at radius 2 is 1.72 bits per heavy atom.